The lowest BCUT2D eigenvalue weighted by Gasteiger charge is -2.00. The molecule has 0 aliphatic carbocycles. The van der Waals surface area contributed by atoms with E-state index in [-0.39, 0.29) is 28.6 Å². The highest BCUT2D eigenvalue weighted by atomic mass is 35.5. The van der Waals surface area contributed by atoms with Gasteiger partial charge in [0.2, 0.25) is 5.78 Å². The fourth-order valence-corrected chi connectivity index (χ4v) is 3.34. The Kier molecular flexibility index (Phi) is 3.30. The van der Waals surface area contributed by atoms with Gasteiger partial charge in [-0.2, -0.15) is 0 Å². The van der Waals surface area contributed by atoms with Crippen molar-refractivity contribution in [3.05, 3.63) is 57.9 Å². The third-order valence-corrected chi connectivity index (χ3v) is 4.75. The number of nitrogens with zero attached hydrogens (tertiary/aromatic N) is 1. The summed E-state index contributed by atoms with van der Waals surface area (Å²) in [6.07, 6.45) is 1.65. The van der Waals surface area contributed by atoms with Gasteiger partial charge in [-0.15, -0.1) is 0 Å². The summed E-state index contributed by atoms with van der Waals surface area (Å²) >= 11 is 6.12. The second-order valence-corrected chi connectivity index (χ2v) is 6.43. The summed E-state index contributed by atoms with van der Waals surface area (Å²) in [6, 6.07) is 8.00. The highest BCUT2D eigenvalue weighted by Crippen LogP contribution is 2.41. The van der Waals surface area contributed by atoms with E-state index in [0.717, 1.165) is 28.2 Å². The highest BCUT2D eigenvalue weighted by Gasteiger charge is 2.31. The van der Waals surface area contributed by atoms with Crippen molar-refractivity contribution in [1.29, 1.82) is 0 Å². The maximum Gasteiger partial charge on any atom is 0.235 e. The van der Waals surface area contributed by atoms with Crippen LogP contribution in [0.15, 0.2) is 36.1 Å². The van der Waals surface area contributed by atoms with E-state index in [9.17, 15) is 15.0 Å². The number of carbonyl (C=O) groups excluding carboxylic acids is 1. The van der Waals surface area contributed by atoms with Gasteiger partial charge in [-0.05, 0) is 31.2 Å². The molecule has 2 heterocycles. The van der Waals surface area contributed by atoms with Crippen molar-refractivity contribution in [2.45, 2.75) is 6.92 Å². The summed E-state index contributed by atoms with van der Waals surface area (Å²) in [5, 5.41) is 21.0. The minimum atomic E-state index is -0.425. The van der Waals surface area contributed by atoms with Gasteiger partial charge in [-0.3, -0.25) is 4.79 Å². The number of aromatic hydroxyl groups is 2. The quantitative estimate of drug-likeness (QED) is 0.643. The van der Waals surface area contributed by atoms with Crippen LogP contribution in [0.2, 0.25) is 5.02 Å². The van der Waals surface area contributed by atoms with Gasteiger partial charge in [-0.1, -0.05) is 11.6 Å². The normalized spacial score (nSPS) is 15.0. The molecule has 0 spiro atoms. The standard InChI is InChI=1S/C19H14ClNO4/c1-9-12(13-5-10(20)3-4-14(13)21(9)2)8-17-19(24)18-15(23)6-11(22)7-16(18)25-17/h3-8,22-23H,1-2H3/b17-8+. The van der Waals surface area contributed by atoms with Gasteiger partial charge in [0, 0.05) is 46.4 Å². The van der Waals surface area contributed by atoms with Crippen molar-refractivity contribution >= 4 is 34.4 Å². The summed E-state index contributed by atoms with van der Waals surface area (Å²) in [5.41, 5.74) is 2.81. The van der Waals surface area contributed by atoms with E-state index >= 15 is 0 Å². The molecular formula is C19H14ClNO4. The Balaban J connectivity index is 1.90. The number of halogens is 1. The van der Waals surface area contributed by atoms with Gasteiger partial charge < -0.3 is 19.5 Å². The van der Waals surface area contributed by atoms with Crippen LogP contribution >= 0.6 is 11.6 Å². The summed E-state index contributed by atoms with van der Waals surface area (Å²) in [4.78, 5) is 12.6. The molecule has 5 nitrogen and oxygen atoms in total. The average molecular weight is 356 g/mol. The number of rotatable bonds is 1. The molecule has 0 saturated heterocycles. The van der Waals surface area contributed by atoms with Crippen molar-refractivity contribution in [1.82, 2.24) is 4.57 Å². The number of phenolic OH excluding ortho intramolecular Hbond substituents is 2. The van der Waals surface area contributed by atoms with Crippen LogP contribution < -0.4 is 4.74 Å². The largest absolute Gasteiger partial charge is 0.508 e. The molecule has 3 aromatic rings. The number of ketones is 1. The Morgan fingerprint density at radius 2 is 1.96 bits per heavy atom. The number of aromatic nitrogens is 1. The Morgan fingerprint density at radius 1 is 1.20 bits per heavy atom. The van der Waals surface area contributed by atoms with Crippen molar-refractivity contribution in [2.24, 2.45) is 7.05 Å². The van der Waals surface area contributed by atoms with E-state index in [2.05, 4.69) is 0 Å². The Hall–Kier alpha value is -2.92. The summed E-state index contributed by atoms with van der Waals surface area (Å²) in [7, 11) is 1.93. The van der Waals surface area contributed by atoms with Gasteiger partial charge in [-0.25, -0.2) is 0 Å². The molecule has 126 valence electrons. The SMILES string of the molecule is Cc1c(/C=C2/Oc3cc(O)cc(O)c3C2=O)c2cc(Cl)ccc2n1C. The topological polar surface area (TPSA) is 71.7 Å². The van der Waals surface area contributed by atoms with Gasteiger partial charge in [0.05, 0.1) is 0 Å². The second kappa shape index (κ2) is 5.29. The fourth-order valence-electron chi connectivity index (χ4n) is 3.16. The molecule has 1 aliphatic rings. The molecule has 0 radical (unpaired) electrons. The van der Waals surface area contributed by atoms with Crippen LogP contribution in [0.25, 0.3) is 17.0 Å². The van der Waals surface area contributed by atoms with Crippen molar-refractivity contribution in [3.8, 4) is 17.2 Å². The van der Waals surface area contributed by atoms with Crippen LogP contribution in [0.3, 0.4) is 0 Å². The number of allylic oxidation sites excluding steroid dienone is 1. The molecule has 0 bridgehead atoms. The first-order valence-corrected chi connectivity index (χ1v) is 7.99. The zero-order valence-electron chi connectivity index (χ0n) is 13.5. The summed E-state index contributed by atoms with van der Waals surface area (Å²) in [6.45, 7) is 1.94. The monoisotopic (exact) mass is 355 g/mol. The lowest BCUT2D eigenvalue weighted by Crippen LogP contribution is -1.99. The van der Waals surface area contributed by atoms with E-state index in [4.69, 9.17) is 16.3 Å². The predicted octanol–water partition coefficient (Wildman–Crippen LogP) is 4.17. The zero-order chi connectivity index (χ0) is 17.9. The molecule has 0 atom stereocenters. The number of fused-ring (bicyclic) bond motifs is 2. The van der Waals surface area contributed by atoms with Crippen LogP contribution in [-0.4, -0.2) is 20.6 Å². The smallest absolute Gasteiger partial charge is 0.235 e. The van der Waals surface area contributed by atoms with E-state index in [1.165, 1.54) is 6.07 Å². The maximum absolute atomic E-state index is 12.6. The number of ether oxygens (including phenoxy) is 1. The molecule has 0 fully saturated rings. The number of aryl methyl sites for hydroxylation is 1. The van der Waals surface area contributed by atoms with Crippen LogP contribution in [-0.2, 0) is 7.05 Å². The highest BCUT2D eigenvalue weighted by molar-refractivity contribution is 6.31. The lowest BCUT2D eigenvalue weighted by molar-refractivity contribution is 0.101. The molecule has 0 saturated carbocycles. The minimum Gasteiger partial charge on any atom is -0.508 e. The number of benzene rings is 2. The number of carbonyl (C=O) groups is 1. The minimum absolute atomic E-state index is 0.0555. The van der Waals surface area contributed by atoms with Crippen molar-refractivity contribution in [2.75, 3.05) is 0 Å². The molecule has 0 unspecified atom stereocenters. The number of Topliss-reactive ketones (excluding diaryl/α,β-unsaturated/α-hetero) is 1. The first-order valence-electron chi connectivity index (χ1n) is 7.61. The van der Waals surface area contributed by atoms with Crippen molar-refractivity contribution in [3.63, 3.8) is 0 Å². The third kappa shape index (κ3) is 2.27. The molecule has 1 aliphatic heterocycles. The molecule has 25 heavy (non-hydrogen) atoms. The molecule has 4 rings (SSSR count). The number of phenols is 2. The molecule has 2 aromatic carbocycles. The van der Waals surface area contributed by atoms with Crippen LogP contribution in [0.4, 0.5) is 0 Å². The first kappa shape index (κ1) is 15.6. The van der Waals surface area contributed by atoms with E-state index < -0.39 is 5.78 Å². The fraction of sp³-hybridized carbons (Fsp3) is 0.105. The molecule has 0 amide bonds. The molecule has 2 N–H and O–H groups in total. The Morgan fingerprint density at radius 3 is 2.72 bits per heavy atom. The zero-order valence-corrected chi connectivity index (χ0v) is 14.3. The average Bonchev–Trinajstić information content (AvgIpc) is 2.97. The van der Waals surface area contributed by atoms with Crippen LogP contribution in [0, 0.1) is 6.92 Å². The molecule has 6 heteroatoms. The summed E-state index contributed by atoms with van der Waals surface area (Å²) < 4.78 is 7.59. The van der Waals surface area contributed by atoms with E-state index in [1.54, 1.807) is 6.08 Å². The summed E-state index contributed by atoms with van der Waals surface area (Å²) in [5.74, 6) is -0.665. The van der Waals surface area contributed by atoms with Crippen LogP contribution in [0.5, 0.6) is 17.2 Å². The number of hydrogen-bond donors (Lipinski definition) is 2. The second-order valence-electron chi connectivity index (χ2n) is 6.00. The maximum atomic E-state index is 12.6. The van der Waals surface area contributed by atoms with E-state index in [0.29, 0.717) is 5.02 Å². The first-order chi connectivity index (χ1) is 11.9. The van der Waals surface area contributed by atoms with Gasteiger partial charge in [0.1, 0.15) is 22.8 Å². The van der Waals surface area contributed by atoms with Crippen LogP contribution in [0.1, 0.15) is 21.6 Å². The molecule has 1 aromatic heterocycles. The van der Waals surface area contributed by atoms with Gasteiger partial charge in [0.15, 0.2) is 5.76 Å². The third-order valence-electron chi connectivity index (χ3n) is 4.52. The van der Waals surface area contributed by atoms with Gasteiger partial charge >= 0.3 is 0 Å². The lowest BCUT2D eigenvalue weighted by atomic mass is 10.1. The van der Waals surface area contributed by atoms with Gasteiger partial charge in [0.25, 0.3) is 0 Å². The van der Waals surface area contributed by atoms with Crippen molar-refractivity contribution < 1.29 is 19.7 Å². The van der Waals surface area contributed by atoms with E-state index in [1.807, 2.05) is 36.7 Å². The molecular weight excluding hydrogens is 342 g/mol. The Labute approximate surface area is 148 Å². The number of hydrogen-bond acceptors (Lipinski definition) is 4. The predicted molar refractivity (Wildman–Crippen MR) is 95.4 cm³/mol. The Bertz CT molecular complexity index is 1090.